The monoisotopic (exact) mass is 324 g/mol. The fraction of sp³-hybridized carbons (Fsp3) is 0.562. The van der Waals surface area contributed by atoms with Crippen LogP contribution in [0.3, 0.4) is 0 Å². The number of piperidine rings is 1. The Bertz CT molecular complexity index is 627. The van der Waals surface area contributed by atoms with Crippen molar-refractivity contribution in [1.29, 1.82) is 0 Å². The summed E-state index contributed by atoms with van der Waals surface area (Å²) in [6.07, 6.45) is 2.00. The smallest absolute Gasteiger partial charge is 0.257 e. The number of rotatable bonds is 1. The molecule has 0 aromatic heterocycles. The fourth-order valence-corrected chi connectivity index (χ4v) is 3.35. The molecule has 7 heteroatoms. The maximum atomic E-state index is 14.2. The van der Waals surface area contributed by atoms with E-state index in [4.69, 9.17) is 0 Å². The number of carbonyl (C=O) groups is 3. The number of amides is 3. The second-order valence-electron chi connectivity index (χ2n) is 6.08. The number of fused-ring (bicyclic) bond motifs is 1. The van der Waals surface area contributed by atoms with Crippen LogP contribution in [0.25, 0.3) is 0 Å². The number of likely N-dealkylation sites (tertiary alicyclic amines) is 1. The highest BCUT2D eigenvalue weighted by Crippen LogP contribution is 2.35. The number of carbonyl (C=O) groups excluding carboxylic acids is 3. The Morgan fingerprint density at radius 3 is 2.70 bits per heavy atom. The second-order valence-corrected chi connectivity index (χ2v) is 6.08. The first-order valence-corrected chi connectivity index (χ1v) is 7.87. The van der Waals surface area contributed by atoms with E-state index >= 15 is 0 Å². The summed E-state index contributed by atoms with van der Waals surface area (Å²) >= 11 is 0. The van der Waals surface area contributed by atoms with E-state index in [1.807, 2.05) is 0 Å². The predicted molar refractivity (Wildman–Crippen MR) is 77.5 cm³/mol. The van der Waals surface area contributed by atoms with Crippen molar-refractivity contribution in [2.45, 2.75) is 50.7 Å². The van der Waals surface area contributed by atoms with Gasteiger partial charge in [-0.15, -0.1) is 0 Å². The summed E-state index contributed by atoms with van der Waals surface area (Å²) in [5.74, 6) is -2.61. The van der Waals surface area contributed by atoms with Gasteiger partial charge in [-0.1, -0.05) is 6.08 Å². The minimum atomic E-state index is -1.80. The summed E-state index contributed by atoms with van der Waals surface area (Å²) in [4.78, 5) is 37.4. The van der Waals surface area contributed by atoms with Gasteiger partial charge in [-0.3, -0.25) is 19.7 Å². The molecule has 3 aliphatic rings. The van der Waals surface area contributed by atoms with Gasteiger partial charge in [0, 0.05) is 19.4 Å². The van der Waals surface area contributed by atoms with Gasteiger partial charge < -0.3 is 4.90 Å². The molecule has 23 heavy (non-hydrogen) atoms. The Morgan fingerprint density at radius 1 is 1.17 bits per heavy atom. The lowest BCUT2D eigenvalue weighted by molar-refractivity contribution is -0.144. The molecule has 1 N–H and O–H groups in total. The van der Waals surface area contributed by atoms with Crippen LogP contribution in [0.2, 0.25) is 0 Å². The van der Waals surface area contributed by atoms with Crippen LogP contribution < -0.4 is 5.32 Å². The highest BCUT2D eigenvalue weighted by molar-refractivity contribution is 6.05. The van der Waals surface area contributed by atoms with Crippen molar-refractivity contribution < 1.29 is 23.2 Å². The average Bonchev–Trinajstić information content (AvgIpc) is 2.50. The van der Waals surface area contributed by atoms with E-state index in [1.54, 1.807) is 6.08 Å². The number of allylic oxidation sites excluding steroid dienone is 2. The van der Waals surface area contributed by atoms with Crippen molar-refractivity contribution in [3.05, 3.63) is 23.0 Å². The molecule has 0 aromatic rings. The summed E-state index contributed by atoms with van der Waals surface area (Å²) in [7, 11) is 0. The molecule has 124 valence electrons. The topological polar surface area (TPSA) is 66.5 Å². The van der Waals surface area contributed by atoms with Gasteiger partial charge >= 0.3 is 0 Å². The molecular weight excluding hydrogens is 306 g/mol. The van der Waals surface area contributed by atoms with E-state index in [-0.39, 0.29) is 30.7 Å². The molecule has 0 saturated carbocycles. The Balaban J connectivity index is 1.93. The zero-order valence-corrected chi connectivity index (χ0v) is 12.6. The quantitative estimate of drug-likeness (QED) is 0.747. The molecule has 0 radical (unpaired) electrons. The minimum Gasteiger partial charge on any atom is -0.327 e. The maximum Gasteiger partial charge on any atom is 0.257 e. The van der Waals surface area contributed by atoms with Crippen LogP contribution in [0.15, 0.2) is 23.0 Å². The largest absolute Gasteiger partial charge is 0.327 e. The third-order valence-corrected chi connectivity index (χ3v) is 4.56. The molecular formula is C16H18F2N2O3. The van der Waals surface area contributed by atoms with Crippen molar-refractivity contribution in [2.24, 2.45) is 0 Å². The summed E-state index contributed by atoms with van der Waals surface area (Å²) in [6.45, 7) is 0.298. The Labute approximate surface area is 132 Å². The minimum absolute atomic E-state index is 0.0592. The van der Waals surface area contributed by atoms with Gasteiger partial charge in [0.05, 0.1) is 5.57 Å². The molecule has 2 saturated heterocycles. The number of nitrogens with one attached hydrogen (secondary N) is 1. The summed E-state index contributed by atoms with van der Waals surface area (Å²) in [5, 5.41) is 2.21. The van der Waals surface area contributed by atoms with Crippen LogP contribution in [0.1, 0.15) is 38.5 Å². The normalized spacial score (nSPS) is 29.6. The molecule has 2 heterocycles. The number of halogens is 2. The highest BCUT2D eigenvalue weighted by Gasteiger charge is 2.39. The van der Waals surface area contributed by atoms with Crippen molar-refractivity contribution in [3.63, 3.8) is 0 Å². The van der Waals surface area contributed by atoms with Gasteiger partial charge in [-0.2, -0.15) is 0 Å². The number of nitrogens with zero attached hydrogens (tertiary/aromatic N) is 1. The maximum absolute atomic E-state index is 14.2. The Kier molecular flexibility index (Phi) is 4.28. The van der Waals surface area contributed by atoms with Crippen LogP contribution in [0.5, 0.6) is 0 Å². The lowest BCUT2D eigenvalue weighted by atomic mass is 9.88. The second kappa shape index (κ2) is 6.22. The first kappa shape index (κ1) is 15.8. The molecule has 0 spiro atoms. The van der Waals surface area contributed by atoms with Gasteiger partial charge in [0.2, 0.25) is 11.8 Å². The van der Waals surface area contributed by atoms with E-state index < -0.39 is 29.9 Å². The van der Waals surface area contributed by atoms with Crippen molar-refractivity contribution in [3.8, 4) is 0 Å². The first-order chi connectivity index (χ1) is 11.0. The average molecular weight is 324 g/mol. The Hall–Kier alpha value is -2.05. The summed E-state index contributed by atoms with van der Waals surface area (Å²) in [6, 6.07) is -0.806. The van der Waals surface area contributed by atoms with E-state index in [0.29, 0.717) is 25.0 Å². The van der Waals surface area contributed by atoms with Crippen molar-refractivity contribution in [1.82, 2.24) is 10.2 Å². The molecule has 3 rings (SSSR count). The van der Waals surface area contributed by atoms with Gasteiger partial charge in [0.1, 0.15) is 11.9 Å². The predicted octanol–water partition coefficient (Wildman–Crippen LogP) is 1.70. The van der Waals surface area contributed by atoms with Gasteiger partial charge in [0.15, 0.2) is 6.17 Å². The first-order valence-electron chi connectivity index (χ1n) is 7.87. The molecule has 5 nitrogen and oxygen atoms in total. The summed E-state index contributed by atoms with van der Waals surface area (Å²) < 4.78 is 27.9. The molecule has 2 atom stereocenters. The third-order valence-electron chi connectivity index (χ3n) is 4.56. The fourth-order valence-electron chi connectivity index (χ4n) is 3.35. The van der Waals surface area contributed by atoms with Crippen LogP contribution in [-0.2, 0) is 14.4 Å². The van der Waals surface area contributed by atoms with Crippen LogP contribution in [-0.4, -0.2) is 41.4 Å². The number of imide groups is 1. The molecule has 0 aromatic carbocycles. The standard InChI is InChI=1S/C16H18F2N2O3/c17-10-5-4-9-3-1-2-8-20(16(23)13(9)14(10)18)11-6-7-12(21)19-15(11)22/h4,10-11H,1-3,5-8H2,(H,19,21,22). The molecule has 2 fully saturated rings. The number of hydrogen-bond acceptors (Lipinski definition) is 3. The lowest BCUT2D eigenvalue weighted by Crippen LogP contribution is -2.55. The number of alkyl halides is 1. The highest BCUT2D eigenvalue weighted by atomic mass is 19.2. The SMILES string of the molecule is O=C1CCC(N2CCCCC3=CCC(F)C(F)=C3C2=O)C(=O)N1. The van der Waals surface area contributed by atoms with Gasteiger partial charge in [-0.25, -0.2) is 8.78 Å². The van der Waals surface area contributed by atoms with Gasteiger partial charge in [0.25, 0.3) is 5.91 Å². The number of hydrogen-bond donors (Lipinski definition) is 1. The lowest BCUT2D eigenvalue weighted by Gasteiger charge is -2.36. The van der Waals surface area contributed by atoms with E-state index in [0.717, 1.165) is 6.42 Å². The zero-order chi connectivity index (χ0) is 16.6. The van der Waals surface area contributed by atoms with Crippen LogP contribution in [0.4, 0.5) is 8.78 Å². The molecule has 0 bridgehead atoms. The molecule has 3 amide bonds. The summed E-state index contributed by atoms with van der Waals surface area (Å²) in [5.41, 5.74) is 0.298. The van der Waals surface area contributed by atoms with E-state index in [9.17, 15) is 23.2 Å². The van der Waals surface area contributed by atoms with Crippen molar-refractivity contribution in [2.75, 3.05) is 6.54 Å². The third kappa shape index (κ3) is 2.92. The van der Waals surface area contributed by atoms with E-state index in [2.05, 4.69) is 5.32 Å². The van der Waals surface area contributed by atoms with Gasteiger partial charge in [-0.05, 0) is 31.3 Å². The molecule has 2 unspecified atom stereocenters. The zero-order valence-electron chi connectivity index (χ0n) is 12.6. The molecule has 2 aliphatic heterocycles. The van der Waals surface area contributed by atoms with Crippen LogP contribution in [0, 0.1) is 0 Å². The van der Waals surface area contributed by atoms with Crippen molar-refractivity contribution >= 4 is 17.7 Å². The molecule has 1 aliphatic carbocycles. The van der Waals surface area contributed by atoms with E-state index in [1.165, 1.54) is 4.90 Å². The Morgan fingerprint density at radius 2 is 1.96 bits per heavy atom. The van der Waals surface area contributed by atoms with Crippen LogP contribution >= 0.6 is 0 Å².